The van der Waals surface area contributed by atoms with E-state index in [1.54, 1.807) is 38.4 Å². The molecule has 6 heteroatoms. The number of Topliss-reactive ketones (excluding diaryl/α,β-unsaturated/α-hetero) is 1. The number of hydrogen-bond acceptors (Lipinski definition) is 5. The first-order valence-electron chi connectivity index (χ1n) is 11.6. The molecular weight excluding hydrogens is 442 g/mol. The summed E-state index contributed by atoms with van der Waals surface area (Å²) in [6.07, 6.45) is 0.612. The van der Waals surface area contributed by atoms with Gasteiger partial charge in [-0.2, -0.15) is 0 Å². The third-order valence-corrected chi connectivity index (χ3v) is 6.83. The zero-order chi connectivity index (χ0) is 25.2. The Hall–Kier alpha value is -3.80. The van der Waals surface area contributed by atoms with Crippen LogP contribution in [0.15, 0.2) is 66.7 Å². The molecule has 3 aromatic carbocycles. The Balaban J connectivity index is 1.83. The highest BCUT2D eigenvalue weighted by atomic mass is 16.5. The van der Waals surface area contributed by atoms with E-state index in [9.17, 15) is 9.59 Å². The summed E-state index contributed by atoms with van der Waals surface area (Å²) in [5, 5.41) is 0. The van der Waals surface area contributed by atoms with Crippen molar-refractivity contribution in [2.45, 2.75) is 31.7 Å². The normalized spacial score (nSPS) is 15.2. The minimum atomic E-state index is -0.867. The fourth-order valence-electron chi connectivity index (χ4n) is 4.69. The minimum absolute atomic E-state index is 0.0693. The zero-order valence-electron chi connectivity index (χ0n) is 20.8. The number of ketones is 1. The van der Waals surface area contributed by atoms with Crippen LogP contribution in [-0.4, -0.2) is 44.5 Å². The molecule has 0 aromatic heterocycles. The number of benzene rings is 3. The van der Waals surface area contributed by atoms with E-state index >= 15 is 0 Å². The number of rotatable bonds is 7. The number of amides is 1. The van der Waals surface area contributed by atoms with Gasteiger partial charge in [-0.3, -0.25) is 9.59 Å². The van der Waals surface area contributed by atoms with Crippen molar-refractivity contribution in [1.29, 1.82) is 0 Å². The number of carbonyl (C=O) groups is 2. The molecule has 1 unspecified atom stereocenters. The summed E-state index contributed by atoms with van der Waals surface area (Å²) in [4.78, 5) is 29.7. The number of hydrogen-bond donors (Lipinski definition) is 0. The maximum atomic E-state index is 14.3. The van der Waals surface area contributed by atoms with Gasteiger partial charge in [0.1, 0.15) is 11.8 Å². The predicted molar refractivity (Wildman–Crippen MR) is 134 cm³/mol. The second-order valence-electron chi connectivity index (χ2n) is 9.14. The van der Waals surface area contributed by atoms with E-state index in [0.717, 1.165) is 22.4 Å². The summed E-state index contributed by atoms with van der Waals surface area (Å²) >= 11 is 0. The first kappa shape index (κ1) is 24.3. The largest absolute Gasteiger partial charge is 0.497 e. The van der Waals surface area contributed by atoms with Gasteiger partial charge in [-0.25, -0.2) is 0 Å². The third-order valence-electron chi connectivity index (χ3n) is 6.83. The van der Waals surface area contributed by atoms with Crippen LogP contribution < -0.4 is 14.2 Å². The predicted octanol–water partition coefficient (Wildman–Crippen LogP) is 5.00. The maximum absolute atomic E-state index is 14.3. The Labute approximate surface area is 206 Å². The summed E-state index contributed by atoms with van der Waals surface area (Å²) in [6, 6.07) is 19.6. The molecule has 0 spiro atoms. The molecule has 1 amide bonds. The van der Waals surface area contributed by atoms with Crippen LogP contribution in [0.3, 0.4) is 0 Å². The van der Waals surface area contributed by atoms with Gasteiger partial charge < -0.3 is 19.1 Å². The van der Waals surface area contributed by atoms with E-state index in [-0.39, 0.29) is 11.7 Å². The summed E-state index contributed by atoms with van der Waals surface area (Å²) in [5.74, 6) is 1.61. The average Bonchev–Trinajstić information content (AvgIpc) is 2.91. The van der Waals surface area contributed by atoms with Gasteiger partial charge in [-0.05, 0) is 73.4 Å². The van der Waals surface area contributed by atoms with Gasteiger partial charge in [0.25, 0.3) is 5.91 Å². The smallest absolute Gasteiger partial charge is 0.254 e. The molecule has 0 saturated heterocycles. The standard InChI is InChI=1S/C29H31NO5/c1-29(2,21-11-13-22(33-3)14-12-21)27(31)26-23-18-25(35-5)24(34-4)17-20(23)15-16-30(26)28(32)19-9-7-6-8-10-19/h6-14,17-18,26H,15-16H2,1-5H3. The second kappa shape index (κ2) is 9.82. The van der Waals surface area contributed by atoms with Gasteiger partial charge >= 0.3 is 0 Å². The van der Waals surface area contributed by atoms with Crippen LogP contribution in [0, 0.1) is 0 Å². The lowest BCUT2D eigenvalue weighted by atomic mass is 9.74. The SMILES string of the molecule is COc1ccc(C(C)(C)C(=O)C2c3cc(OC)c(OC)cc3CCN2C(=O)c2ccccc2)cc1. The second-order valence-corrected chi connectivity index (χ2v) is 9.14. The van der Waals surface area contributed by atoms with E-state index in [1.807, 2.05) is 68.4 Å². The Kier molecular flexibility index (Phi) is 6.83. The lowest BCUT2D eigenvalue weighted by molar-refractivity contribution is -0.128. The topological polar surface area (TPSA) is 65.1 Å². The van der Waals surface area contributed by atoms with Gasteiger partial charge in [0.05, 0.1) is 26.7 Å². The zero-order valence-corrected chi connectivity index (χ0v) is 20.8. The van der Waals surface area contributed by atoms with Crippen LogP contribution in [0.25, 0.3) is 0 Å². The van der Waals surface area contributed by atoms with Crippen molar-refractivity contribution in [2.24, 2.45) is 0 Å². The lowest BCUT2D eigenvalue weighted by Crippen LogP contribution is -2.48. The molecular formula is C29H31NO5. The van der Waals surface area contributed by atoms with E-state index in [4.69, 9.17) is 14.2 Å². The van der Waals surface area contributed by atoms with Gasteiger partial charge in [0.2, 0.25) is 0 Å². The summed E-state index contributed by atoms with van der Waals surface area (Å²) < 4.78 is 16.3. The molecule has 1 aliphatic rings. The molecule has 0 radical (unpaired) electrons. The Morgan fingerprint density at radius 3 is 2.09 bits per heavy atom. The van der Waals surface area contributed by atoms with Crippen LogP contribution in [-0.2, 0) is 16.6 Å². The first-order chi connectivity index (χ1) is 16.8. The number of fused-ring (bicyclic) bond motifs is 1. The molecule has 1 atom stereocenters. The van der Waals surface area contributed by atoms with Gasteiger partial charge in [0, 0.05) is 12.1 Å². The highest BCUT2D eigenvalue weighted by molar-refractivity contribution is 6.01. The third kappa shape index (κ3) is 4.48. The van der Waals surface area contributed by atoms with Crippen molar-refractivity contribution < 1.29 is 23.8 Å². The molecule has 1 heterocycles. The Morgan fingerprint density at radius 1 is 0.857 bits per heavy atom. The number of carbonyl (C=O) groups excluding carboxylic acids is 2. The molecule has 0 saturated carbocycles. The minimum Gasteiger partial charge on any atom is -0.497 e. The van der Waals surface area contributed by atoms with Crippen molar-refractivity contribution in [3.05, 3.63) is 89.0 Å². The molecule has 4 rings (SSSR count). The van der Waals surface area contributed by atoms with Crippen LogP contribution >= 0.6 is 0 Å². The van der Waals surface area contributed by atoms with Crippen LogP contribution in [0.4, 0.5) is 0 Å². The van der Waals surface area contributed by atoms with E-state index in [1.165, 1.54) is 0 Å². The highest BCUT2D eigenvalue weighted by Gasteiger charge is 2.43. The van der Waals surface area contributed by atoms with Crippen LogP contribution in [0.1, 0.15) is 46.9 Å². The maximum Gasteiger partial charge on any atom is 0.254 e. The molecule has 6 nitrogen and oxygen atoms in total. The number of nitrogens with zero attached hydrogens (tertiary/aromatic N) is 1. The van der Waals surface area contributed by atoms with E-state index in [2.05, 4.69) is 0 Å². The van der Waals surface area contributed by atoms with Gasteiger partial charge in [0.15, 0.2) is 17.3 Å². The molecule has 182 valence electrons. The molecule has 0 N–H and O–H groups in total. The molecule has 35 heavy (non-hydrogen) atoms. The summed E-state index contributed by atoms with van der Waals surface area (Å²) in [5.41, 5.74) is 2.28. The lowest BCUT2D eigenvalue weighted by Gasteiger charge is -2.40. The van der Waals surface area contributed by atoms with Crippen molar-refractivity contribution in [2.75, 3.05) is 27.9 Å². The molecule has 0 aliphatic carbocycles. The van der Waals surface area contributed by atoms with Crippen molar-refractivity contribution in [3.8, 4) is 17.2 Å². The first-order valence-corrected chi connectivity index (χ1v) is 11.6. The Morgan fingerprint density at radius 2 is 1.49 bits per heavy atom. The quantitative estimate of drug-likeness (QED) is 0.483. The molecule has 1 aliphatic heterocycles. The Bertz CT molecular complexity index is 1220. The van der Waals surface area contributed by atoms with E-state index in [0.29, 0.717) is 30.0 Å². The average molecular weight is 474 g/mol. The van der Waals surface area contributed by atoms with Crippen LogP contribution in [0.5, 0.6) is 17.2 Å². The molecule has 3 aromatic rings. The van der Waals surface area contributed by atoms with Crippen LogP contribution in [0.2, 0.25) is 0 Å². The van der Waals surface area contributed by atoms with Gasteiger partial charge in [-0.1, -0.05) is 30.3 Å². The summed E-state index contributed by atoms with van der Waals surface area (Å²) in [7, 11) is 4.77. The monoisotopic (exact) mass is 473 g/mol. The fraction of sp³-hybridized carbons (Fsp3) is 0.310. The fourth-order valence-corrected chi connectivity index (χ4v) is 4.69. The highest BCUT2D eigenvalue weighted by Crippen LogP contribution is 2.42. The number of ether oxygens (including phenoxy) is 3. The molecule has 0 fully saturated rings. The van der Waals surface area contributed by atoms with Crippen molar-refractivity contribution >= 4 is 11.7 Å². The number of methoxy groups -OCH3 is 3. The summed E-state index contributed by atoms with van der Waals surface area (Å²) in [6.45, 7) is 4.22. The van der Waals surface area contributed by atoms with Gasteiger partial charge in [-0.15, -0.1) is 0 Å². The van der Waals surface area contributed by atoms with Crippen molar-refractivity contribution in [1.82, 2.24) is 4.90 Å². The van der Waals surface area contributed by atoms with Crippen molar-refractivity contribution in [3.63, 3.8) is 0 Å². The molecule has 0 bridgehead atoms. The van der Waals surface area contributed by atoms with E-state index < -0.39 is 11.5 Å².